The van der Waals surface area contributed by atoms with Gasteiger partial charge in [0.2, 0.25) is 5.91 Å². The van der Waals surface area contributed by atoms with Gasteiger partial charge in [-0.2, -0.15) is 0 Å². The Labute approximate surface area is 197 Å². The van der Waals surface area contributed by atoms with Gasteiger partial charge >= 0.3 is 12.0 Å². The molecule has 0 spiro atoms. The molecule has 0 saturated carbocycles. The highest BCUT2D eigenvalue weighted by molar-refractivity contribution is 6.01. The number of rotatable bonds is 8. The number of carboxylic acids is 1. The van der Waals surface area contributed by atoms with Crippen molar-refractivity contribution in [3.8, 4) is 5.75 Å². The van der Waals surface area contributed by atoms with Gasteiger partial charge in [0.15, 0.2) is 0 Å². The van der Waals surface area contributed by atoms with E-state index < -0.39 is 12.0 Å². The number of amides is 3. The summed E-state index contributed by atoms with van der Waals surface area (Å²) in [5.41, 5.74) is 4.13. The normalized spacial score (nSPS) is 10.5. The molecule has 0 heterocycles. The van der Waals surface area contributed by atoms with Crippen molar-refractivity contribution in [2.75, 3.05) is 23.1 Å². The van der Waals surface area contributed by atoms with Crippen molar-refractivity contribution in [3.05, 3.63) is 89.5 Å². The van der Waals surface area contributed by atoms with Gasteiger partial charge in [0.05, 0.1) is 19.2 Å². The number of nitrogens with one attached hydrogen (secondary N) is 3. The summed E-state index contributed by atoms with van der Waals surface area (Å²) in [6.45, 7) is 1.90. The fraction of sp³-hybridized carbons (Fsp3) is 0.115. The molecule has 3 aromatic carbocycles. The van der Waals surface area contributed by atoms with Crippen LogP contribution in [0.4, 0.5) is 21.9 Å². The molecule has 0 radical (unpaired) electrons. The van der Waals surface area contributed by atoms with Gasteiger partial charge in [-0.05, 0) is 60.0 Å². The minimum absolute atomic E-state index is 0.104. The van der Waals surface area contributed by atoms with Crippen molar-refractivity contribution in [2.24, 2.45) is 0 Å². The maximum atomic E-state index is 12.5. The third-order valence-corrected chi connectivity index (χ3v) is 4.88. The van der Waals surface area contributed by atoms with Crippen LogP contribution in [0.15, 0.2) is 72.8 Å². The summed E-state index contributed by atoms with van der Waals surface area (Å²) in [5.74, 6) is -0.824. The van der Waals surface area contributed by atoms with E-state index in [1.165, 1.54) is 13.2 Å². The first-order valence-electron chi connectivity index (χ1n) is 10.5. The van der Waals surface area contributed by atoms with Crippen LogP contribution in [0.1, 0.15) is 16.7 Å². The van der Waals surface area contributed by atoms with Crippen molar-refractivity contribution in [3.63, 3.8) is 0 Å². The van der Waals surface area contributed by atoms with Gasteiger partial charge in [0, 0.05) is 17.5 Å². The lowest BCUT2D eigenvalue weighted by Gasteiger charge is -2.14. The molecule has 0 atom stereocenters. The van der Waals surface area contributed by atoms with Crippen molar-refractivity contribution < 1.29 is 24.2 Å². The van der Waals surface area contributed by atoms with Gasteiger partial charge < -0.3 is 25.8 Å². The molecule has 174 valence electrons. The fourth-order valence-electron chi connectivity index (χ4n) is 3.17. The second-order valence-corrected chi connectivity index (χ2v) is 7.45. The van der Waals surface area contributed by atoms with Crippen LogP contribution in [-0.2, 0) is 16.0 Å². The number of urea groups is 1. The number of hydrogen-bond acceptors (Lipinski definition) is 4. The molecule has 34 heavy (non-hydrogen) atoms. The summed E-state index contributed by atoms with van der Waals surface area (Å²) in [5, 5.41) is 17.0. The van der Waals surface area contributed by atoms with E-state index in [4.69, 9.17) is 9.84 Å². The Morgan fingerprint density at radius 2 is 1.62 bits per heavy atom. The van der Waals surface area contributed by atoms with Gasteiger partial charge in [-0.1, -0.05) is 36.4 Å². The Kier molecular flexibility index (Phi) is 8.02. The van der Waals surface area contributed by atoms with Crippen molar-refractivity contribution in [1.82, 2.24) is 0 Å². The maximum Gasteiger partial charge on any atom is 0.328 e. The molecule has 3 aromatic rings. The molecule has 3 rings (SSSR count). The zero-order chi connectivity index (χ0) is 24.5. The van der Waals surface area contributed by atoms with E-state index in [1.807, 2.05) is 31.2 Å². The minimum Gasteiger partial charge on any atom is -0.495 e. The highest BCUT2D eigenvalue weighted by Gasteiger charge is 2.12. The number of carboxylic acid groups (broad SMARTS) is 1. The van der Waals surface area contributed by atoms with Crippen LogP contribution in [0.5, 0.6) is 5.75 Å². The number of ether oxygens (including phenoxy) is 1. The van der Waals surface area contributed by atoms with Crippen molar-refractivity contribution >= 4 is 41.0 Å². The number of methoxy groups -OCH3 is 1. The van der Waals surface area contributed by atoms with Crippen LogP contribution in [0, 0.1) is 6.92 Å². The maximum absolute atomic E-state index is 12.5. The highest BCUT2D eigenvalue weighted by atomic mass is 16.5. The molecule has 0 aliphatic rings. The van der Waals surface area contributed by atoms with Gasteiger partial charge in [-0.15, -0.1) is 0 Å². The number of aliphatic carboxylic acids is 1. The number of benzene rings is 3. The zero-order valence-corrected chi connectivity index (χ0v) is 18.8. The number of carbonyl (C=O) groups excluding carboxylic acids is 2. The second kappa shape index (κ2) is 11.3. The number of anilines is 3. The van der Waals surface area contributed by atoms with Crippen LogP contribution in [0.3, 0.4) is 0 Å². The zero-order valence-electron chi connectivity index (χ0n) is 18.8. The van der Waals surface area contributed by atoms with E-state index in [2.05, 4.69) is 16.0 Å². The van der Waals surface area contributed by atoms with Gasteiger partial charge in [0.25, 0.3) is 0 Å². The molecular formula is C26H25N3O5. The Balaban J connectivity index is 1.60. The largest absolute Gasteiger partial charge is 0.495 e. The van der Waals surface area contributed by atoms with E-state index in [9.17, 15) is 14.4 Å². The number of hydrogen-bond donors (Lipinski definition) is 4. The van der Waals surface area contributed by atoms with Crippen LogP contribution < -0.4 is 20.7 Å². The first-order valence-corrected chi connectivity index (χ1v) is 10.5. The van der Waals surface area contributed by atoms with Crippen LogP contribution in [0.25, 0.3) is 6.08 Å². The summed E-state index contributed by atoms with van der Waals surface area (Å²) < 4.78 is 5.39. The number of para-hydroxylation sites is 1. The van der Waals surface area contributed by atoms with Crippen LogP contribution >= 0.6 is 0 Å². The molecular weight excluding hydrogens is 434 g/mol. The summed E-state index contributed by atoms with van der Waals surface area (Å²) in [4.78, 5) is 35.4. The Hall–Kier alpha value is -4.59. The monoisotopic (exact) mass is 459 g/mol. The Bertz CT molecular complexity index is 1220. The second-order valence-electron chi connectivity index (χ2n) is 7.45. The highest BCUT2D eigenvalue weighted by Crippen LogP contribution is 2.26. The minimum atomic E-state index is -1.03. The Morgan fingerprint density at radius 3 is 2.29 bits per heavy atom. The first kappa shape index (κ1) is 24.1. The SMILES string of the molecule is COc1cc(CC(=O)Nc2ccc(/C=C/C(=O)O)cc2)ccc1NC(=O)Nc1ccccc1C. The molecule has 0 bridgehead atoms. The van der Waals surface area contributed by atoms with E-state index in [0.29, 0.717) is 33.9 Å². The number of aryl methyl sites for hydroxylation is 1. The predicted molar refractivity (Wildman–Crippen MR) is 132 cm³/mol. The molecule has 0 aliphatic carbocycles. The average Bonchev–Trinajstić information content (AvgIpc) is 2.81. The summed E-state index contributed by atoms with van der Waals surface area (Å²) in [6, 6.07) is 19.0. The predicted octanol–water partition coefficient (Wildman–Crippen LogP) is 4.93. The summed E-state index contributed by atoms with van der Waals surface area (Å²) >= 11 is 0. The van der Waals surface area contributed by atoms with Crippen LogP contribution in [0.2, 0.25) is 0 Å². The smallest absolute Gasteiger partial charge is 0.328 e. The summed E-state index contributed by atoms with van der Waals surface area (Å²) in [7, 11) is 1.49. The molecule has 0 fully saturated rings. The third kappa shape index (κ3) is 6.96. The van der Waals surface area contributed by atoms with Crippen LogP contribution in [-0.4, -0.2) is 30.1 Å². The quantitative estimate of drug-likeness (QED) is 0.357. The van der Waals surface area contributed by atoms with Gasteiger partial charge in [-0.3, -0.25) is 4.79 Å². The fourth-order valence-corrected chi connectivity index (χ4v) is 3.17. The van der Waals surface area contributed by atoms with Crippen molar-refractivity contribution in [1.29, 1.82) is 0 Å². The van der Waals surface area contributed by atoms with E-state index in [1.54, 1.807) is 42.5 Å². The lowest BCUT2D eigenvalue weighted by atomic mass is 10.1. The third-order valence-electron chi connectivity index (χ3n) is 4.88. The van der Waals surface area contributed by atoms with Gasteiger partial charge in [-0.25, -0.2) is 9.59 Å². The lowest BCUT2D eigenvalue weighted by molar-refractivity contribution is -0.131. The van der Waals surface area contributed by atoms with E-state index in [0.717, 1.165) is 11.6 Å². The molecule has 0 unspecified atom stereocenters. The molecule has 0 aromatic heterocycles. The Morgan fingerprint density at radius 1 is 0.912 bits per heavy atom. The molecule has 0 saturated heterocycles. The van der Waals surface area contributed by atoms with Gasteiger partial charge in [0.1, 0.15) is 5.75 Å². The standard InChI is InChI=1S/C26H25N3O5/c1-17-5-3-4-6-21(17)28-26(33)29-22-13-9-19(15-23(22)34-2)16-24(30)27-20-11-7-18(8-12-20)10-14-25(31)32/h3-15H,16H2,1-2H3,(H,27,30)(H,31,32)(H2,28,29,33)/b14-10+. The first-order chi connectivity index (χ1) is 16.3. The molecule has 4 N–H and O–H groups in total. The molecule has 8 heteroatoms. The topological polar surface area (TPSA) is 117 Å². The van der Waals surface area contributed by atoms with Crippen molar-refractivity contribution in [2.45, 2.75) is 13.3 Å². The number of carbonyl (C=O) groups is 3. The average molecular weight is 460 g/mol. The molecule has 0 aliphatic heterocycles. The lowest BCUT2D eigenvalue weighted by Crippen LogP contribution is -2.20. The summed E-state index contributed by atoms with van der Waals surface area (Å²) in [6.07, 6.45) is 2.62. The van der Waals surface area contributed by atoms with E-state index in [-0.39, 0.29) is 12.3 Å². The van der Waals surface area contributed by atoms with E-state index >= 15 is 0 Å². The molecule has 3 amide bonds. The molecule has 8 nitrogen and oxygen atoms in total.